The van der Waals surface area contributed by atoms with Gasteiger partial charge in [-0.1, -0.05) is 37.3 Å². The molecule has 0 aliphatic heterocycles. The first-order valence-electron chi connectivity index (χ1n) is 8.17. The molecule has 2 amide bonds. The largest absolute Gasteiger partial charge is 0.354 e. The number of nitrogens with zero attached hydrogens (tertiary/aromatic N) is 2. The molecule has 7 nitrogen and oxygen atoms in total. The van der Waals surface area contributed by atoms with Crippen LogP contribution in [0.4, 0.5) is 5.69 Å². The summed E-state index contributed by atoms with van der Waals surface area (Å²) in [4.78, 5) is 29.1. The molecule has 2 aromatic heterocycles. The molecule has 0 spiro atoms. The van der Waals surface area contributed by atoms with Gasteiger partial charge in [0.1, 0.15) is 5.69 Å². The molecule has 2 heterocycles. The maximum absolute atomic E-state index is 12.6. The summed E-state index contributed by atoms with van der Waals surface area (Å²) < 4.78 is 0. The third-order valence-corrected chi connectivity index (χ3v) is 4.07. The molecule has 3 rings (SSSR count). The number of H-pyrrole nitrogens is 1. The first-order valence-corrected chi connectivity index (χ1v) is 8.17. The number of amides is 2. The second-order valence-corrected chi connectivity index (χ2v) is 5.82. The van der Waals surface area contributed by atoms with E-state index in [0.29, 0.717) is 16.9 Å². The average Bonchev–Trinajstić information content (AvgIpc) is 3.20. The number of aromatic nitrogens is 3. The number of aromatic amines is 1. The summed E-state index contributed by atoms with van der Waals surface area (Å²) in [5.41, 5.74) is 2.80. The van der Waals surface area contributed by atoms with Crippen LogP contribution in [0.15, 0.2) is 54.9 Å². The van der Waals surface area contributed by atoms with Crippen molar-refractivity contribution in [3.63, 3.8) is 0 Å². The van der Waals surface area contributed by atoms with Gasteiger partial charge in [0.2, 0.25) is 0 Å². The van der Waals surface area contributed by atoms with E-state index in [1.165, 1.54) is 19.3 Å². The number of rotatable bonds is 5. The van der Waals surface area contributed by atoms with Crippen LogP contribution in [0.5, 0.6) is 0 Å². The summed E-state index contributed by atoms with van der Waals surface area (Å²) in [6.07, 6.45) is 3.08. The summed E-state index contributed by atoms with van der Waals surface area (Å²) in [7, 11) is 1.53. The molecule has 0 saturated carbocycles. The van der Waals surface area contributed by atoms with E-state index in [4.69, 9.17) is 0 Å². The molecular formula is C19H19N5O2. The van der Waals surface area contributed by atoms with Gasteiger partial charge in [0.05, 0.1) is 11.9 Å². The molecule has 0 bridgehead atoms. The van der Waals surface area contributed by atoms with Gasteiger partial charge in [-0.15, -0.1) is 0 Å². The minimum Gasteiger partial charge on any atom is -0.354 e. The van der Waals surface area contributed by atoms with E-state index in [9.17, 15) is 9.59 Å². The Morgan fingerprint density at radius 2 is 1.88 bits per heavy atom. The fraction of sp³-hybridized carbons (Fsp3) is 0.158. The van der Waals surface area contributed by atoms with Crippen molar-refractivity contribution in [3.8, 4) is 0 Å². The lowest BCUT2D eigenvalue weighted by molar-refractivity contribution is 0.0958. The van der Waals surface area contributed by atoms with Crippen molar-refractivity contribution in [2.45, 2.75) is 12.8 Å². The standard InChI is InChI=1S/C19H19N5O2/c1-12(13-6-4-3-5-7-13)16-8-14(9-17(24-16)19(26)20-2)18(25)23-15-10-21-22-11-15/h3-12H,1-2H3,(H,20,26)(H,21,22)(H,23,25). The molecule has 0 aliphatic carbocycles. The average molecular weight is 349 g/mol. The predicted molar refractivity (Wildman–Crippen MR) is 98.1 cm³/mol. The molecule has 1 atom stereocenters. The summed E-state index contributed by atoms with van der Waals surface area (Å²) in [5, 5.41) is 11.7. The summed E-state index contributed by atoms with van der Waals surface area (Å²) >= 11 is 0. The highest BCUT2D eigenvalue weighted by molar-refractivity contribution is 6.05. The number of nitrogens with one attached hydrogen (secondary N) is 3. The van der Waals surface area contributed by atoms with E-state index in [1.807, 2.05) is 37.3 Å². The molecule has 3 aromatic rings. The lowest BCUT2D eigenvalue weighted by Crippen LogP contribution is -2.22. The number of pyridine rings is 1. The topological polar surface area (TPSA) is 99.8 Å². The zero-order valence-electron chi connectivity index (χ0n) is 14.5. The maximum Gasteiger partial charge on any atom is 0.269 e. The highest BCUT2D eigenvalue weighted by atomic mass is 16.2. The van der Waals surface area contributed by atoms with Gasteiger partial charge in [-0.25, -0.2) is 4.98 Å². The van der Waals surface area contributed by atoms with Gasteiger partial charge in [0.25, 0.3) is 11.8 Å². The summed E-state index contributed by atoms with van der Waals surface area (Å²) in [6.45, 7) is 1.99. The Balaban J connectivity index is 1.98. The van der Waals surface area contributed by atoms with Gasteiger partial charge in [-0.3, -0.25) is 14.7 Å². The van der Waals surface area contributed by atoms with Gasteiger partial charge < -0.3 is 10.6 Å². The number of carbonyl (C=O) groups is 2. The van der Waals surface area contributed by atoms with E-state index in [1.54, 1.807) is 12.3 Å². The van der Waals surface area contributed by atoms with Crippen LogP contribution in [0, 0.1) is 0 Å². The summed E-state index contributed by atoms with van der Waals surface area (Å²) in [5.74, 6) is -0.744. The molecule has 3 N–H and O–H groups in total. The van der Waals surface area contributed by atoms with E-state index in [-0.39, 0.29) is 23.4 Å². The number of carbonyl (C=O) groups excluding carboxylic acids is 2. The van der Waals surface area contributed by atoms with Crippen LogP contribution in [-0.4, -0.2) is 34.0 Å². The lowest BCUT2D eigenvalue weighted by Gasteiger charge is -2.14. The van der Waals surface area contributed by atoms with E-state index in [0.717, 1.165) is 5.56 Å². The molecule has 0 radical (unpaired) electrons. The Bertz CT molecular complexity index is 907. The highest BCUT2D eigenvalue weighted by Crippen LogP contribution is 2.24. The van der Waals surface area contributed by atoms with Crippen molar-refractivity contribution in [2.24, 2.45) is 0 Å². The van der Waals surface area contributed by atoms with Crippen molar-refractivity contribution in [3.05, 3.63) is 77.4 Å². The first-order chi connectivity index (χ1) is 12.6. The number of hydrogen-bond acceptors (Lipinski definition) is 4. The Kier molecular flexibility index (Phi) is 5.07. The monoisotopic (exact) mass is 349 g/mol. The van der Waals surface area contributed by atoms with Crippen LogP contribution in [0.3, 0.4) is 0 Å². The molecule has 0 fully saturated rings. The van der Waals surface area contributed by atoms with Crippen LogP contribution in [0.25, 0.3) is 0 Å². The zero-order valence-corrected chi connectivity index (χ0v) is 14.5. The highest BCUT2D eigenvalue weighted by Gasteiger charge is 2.18. The van der Waals surface area contributed by atoms with Crippen LogP contribution >= 0.6 is 0 Å². The van der Waals surface area contributed by atoms with Crippen LogP contribution in [0.2, 0.25) is 0 Å². The van der Waals surface area contributed by atoms with Gasteiger partial charge >= 0.3 is 0 Å². The second-order valence-electron chi connectivity index (χ2n) is 5.82. The fourth-order valence-corrected chi connectivity index (χ4v) is 2.58. The molecule has 0 saturated heterocycles. The third-order valence-electron chi connectivity index (χ3n) is 4.07. The molecule has 1 unspecified atom stereocenters. The summed E-state index contributed by atoms with van der Waals surface area (Å²) in [6, 6.07) is 13.0. The van der Waals surface area contributed by atoms with Crippen molar-refractivity contribution < 1.29 is 9.59 Å². The van der Waals surface area contributed by atoms with Crippen LogP contribution in [-0.2, 0) is 0 Å². The van der Waals surface area contributed by atoms with Crippen molar-refractivity contribution in [1.29, 1.82) is 0 Å². The van der Waals surface area contributed by atoms with Crippen LogP contribution < -0.4 is 10.6 Å². The zero-order chi connectivity index (χ0) is 18.5. The van der Waals surface area contributed by atoms with Crippen molar-refractivity contribution >= 4 is 17.5 Å². The van der Waals surface area contributed by atoms with E-state index >= 15 is 0 Å². The smallest absolute Gasteiger partial charge is 0.269 e. The second kappa shape index (κ2) is 7.60. The Labute approximate surface area is 150 Å². The molecular weight excluding hydrogens is 330 g/mol. The molecule has 26 heavy (non-hydrogen) atoms. The third kappa shape index (κ3) is 3.77. The first kappa shape index (κ1) is 17.3. The Morgan fingerprint density at radius 3 is 2.54 bits per heavy atom. The number of hydrogen-bond donors (Lipinski definition) is 3. The molecule has 7 heteroatoms. The normalized spacial score (nSPS) is 11.6. The van der Waals surface area contributed by atoms with Gasteiger partial charge in [0.15, 0.2) is 0 Å². The molecule has 0 aliphatic rings. The van der Waals surface area contributed by atoms with Gasteiger partial charge in [-0.2, -0.15) is 5.10 Å². The van der Waals surface area contributed by atoms with E-state index in [2.05, 4.69) is 25.8 Å². The van der Waals surface area contributed by atoms with Crippen LogP contribution in [0.1, 0.15) is 44.9 Å². The molecule has 1 aromatic carbocycles. The van der Waals surface area contributed by atoms with Gasteiger partial charge in [0, 0.05) is 30.4 Å². The van der Waals surface area contributed by atoms with Gasteiger partial charge in [-0.05, 0) is 17.7 Å². The Hall–Kier alpha value is -3.48. The Morgan fingerprint density at radius 1 is 1.12 bits per heavy atom. The fourth-order valence-electron chi connectivity index (χ4n) is 2.58. The number of benzene rings is 1. The minimum atomic E-state index is -0.343. The number of anilines is 1. The quantitative estimate of drug-likeness (QED) is 0.659. The maximum atomic E-state index is 12.6. The van der Waals surface area contributed by atoms with Crippen molar-refractivity contribution in [2.75, 3.05) is 12.4 Å². The predicted octanol–water partition coefficient (Wildman–Crippen LogP) is 2.57. The SMILES string of the molecule is CNC(=O)c1cc(C(=O)Nc2cn[nH]c2)cc(C(C)c2ccccc2)n1. The lowest BCUT2D eigenvalue weighted by atomic mass is 9.96. The van der Waals surface area contributed by atoms with E-state index < -0.39 is 0 Å². The van der Waals surface area contributed by atoms with Crippen molar-refractivity contribution in [1.82, 2.24) is 20.5 Å². The molecule has 132 valence electrons. The minimum absolute atomic E-state index is 0.0683.